The number of aryl methyl sites for hydroxylation is 1. The Morgan fingerprint density at radius 3 is 2.59 bits per heavy atom. The third-order valence-corrected chi connectivity index (χ3v) is 6.60. The summed E-state index contributed by atoms with van der Waals surface area (Å²) in [5, 5.41) is 8.22. The van der Waals surface area contributed by atoms with Crippen molar-refractivity contribution in [2.75, 3.05) is 19.5 Å². The van der Waals surface area contributed by atoms with Crippen molar-refractivity contribution >= 4 is 23.3 Å². The lowest BCUT2D eigenvalue weighted by Gasteiger charge is -2.35. The van der Waals surface area contributed by atoms with Gasteiger partial charge in [0.1, 0.15) is 11.5 Å². The van der Waals surface area contributed by atoms with Gasteiger partial charge in [-0.1, -0.05) is 28.9 Å². The van der Waals surface area contributed by atoms with Crippen LogP contribution in [0.5, 0.6) is 11.5 Å². The van der Waals surface area contributed by atoms with Gasteiger partial charge in [-0.3, -0.25) is 4.79 Å². The number of benzene rings is 2. The largest absolute Gasteiger partial charge is 0.497 e. The average Bonchev–Trinajstić information content (AvgIpc) is 3.17. The number of ether oxygens (including phenoxy) is 2. The summed E-state index contributed by atoms with van der Waals surface area (Å²) in [6, 6.07) is 13.3. The smallest absolute Gasteiger partial charge is 0.233 e. The molecule has 0 bridgehead atoms. The van der Waals surface area contributed by atoms with Gasteiger partial charge in [-0.25, -0.2) is 0 Å². The van der Waals surface area contributed by atoms with Gasteiger partial charge in [-0.2, -0.15) is 0 Å². The highest BCUT2D eigenvalue weighted by molar-refractivity contribution is 6.30. The van der Waals surface area contributed by atoms with E-state index in [1.54, 1.807) is 14.2 Å². The third-order valence-electron chi connectivity index (χ3n) is 6.35. The zero-order valence-electron chi connectivity index (χ0n) is 18.1. The number of hydrogen-bond donors (Lipinski definition) is 1. The average molecular weight is 451 g/mol. The predicted molar refractivity (Wildman–Crippen MR) is 122 cm³/mol. The molecule has 2 heterocycles. The number of rotatable bonds is 4. The number of methoxy groups -OCH3 is 2. The quantitative estimate of drug-likeness (QED) is 0.556. The molecule has 0 amide bonds. The number of carbonyl (C=O) groups is 1. The lowest BCUT2D eigenvalue weighted by atomic mass is 9.72. The highest BCUT2D eigenvalue weighted by atomic mass is 35.5. The van der Waals surface area contributed by atoms with Gasteiger partial charge in [0.25, 0.3) is 0 Å². The number of aromatic nitrogens is 1. The first kappa shape index (κ1) is 20.6. The van der Waals surface area contributed by atoms with Crippen LogP contribution in [0.3, 0.4) is 0 Å². The Balaban J connectivity index is 1.65. The van der Waals surface area contributed by atoms with Gasteiger partial charge >= 0.3 is 0 Å². The van der Waals surface area contributed by atoms with Crippen molar-refractivity contribution in [3.05, 3.63) is 81.1 Å². The Kier molecular flexibility index (Phi) is 5.18. The SMILES string of the molecule is COc1ccc(OC)c(C2C3=C(CC(c4ccc(Cl)cc4)CC3=O)Nc3onc(C)c32)c1. The third kappa shape index (κ3) is 3.35. The summed E-state index contributed by atoms with van der Waals surface area (Å²) < 4.78 is 16.8. The number of carbonyl (C=O) groups excluding carboxylic acids is 1. The molecule has 0 radical (unpaired) electrons. The predicted octanol–water partition coefficient (Wildman–Crippen LogP) is 5.61. The van der Waals surface area contributed by atoms with Crippen LogP contribution < -0.4 is 14.8 Å². The molecule has 164 valence electrons. The van der Waals surface area contributed by atoms with Crippen molar-refractivity contribution in [3.63, 3.8) is 0 Å². The number of anilines is 1. The fourth-order valence-corrected chi connectivity index (χ4v) is 4.95. The Morgan fingerprint density at radius 1 is 1.09 bits per heavy atom. The second-order valence-electron chi connectivity index (χ2n) is 8.15. The number of ketones is 1. The lowest BCUT2D eigenvalue weighted by molar-refractivity contribution is -0.116. The first-order chi connectivity index (χ1) is 15.5. The summed E-state index contributed by atoms with van der Waals surface area (Å²) in [4.78, 5) is 13.6. The van der Waals surface area contributed by atoms with Gasteiger partial charge < -0.3 is 19.3 Å². The first-order valence-corrected chi connectivity index (χ1v) is 10.8. The summed E-state index contributed by atoms with van der Waals surface area (Å²) in [6.07, 6.45) is 1.11. The van der Waals surface area contributed by atoms with E-state index in [2.05, 4.69) is 10.5 Å². The van der Waals surface area contributed by atoms with Crippen molar-refractivity contribution in [1.82, 2.24) is 5.16 Å². The van der Waals surface area contributed by atoms with Crippen LogP contribution >= 0.6 is 11.6 Å². The van der Waals surface area contributed by atoms with Crippen molar-refractivity contribution in [2.45, 2.75) is 31.6 Å². The molecule has 2 unspecified atom stereocenters. The number of allylic oxidation sites excluding steroid dienone is 2. The normalized spacial score (nSPS) is 19.8. The number of fused-ring (bicyclic) bond motifs is 1. The molecular weight excluding hydrogens is 428 g/mol. The fraction of sp³-hybridized carbons (Fsp3) is 0.280. The Labute approximate surface area is 191 Å². The second-order valence-corrected chi connectivity index (χ2v) is 8.59. The van der Waals surface area contributed by atoms with Gasteiger partial charge in [0.15, 0.2) is 5.78 Å². The summed E-state index contributed by atoms with van der Waals surface area (Å²) in [7, 11) is 3.25. The number of nitrogens with zero attached hydrogens (tertiary/aromatic N) is 1. The molecular formula is C25H23ClN2O4. The minimum atomic E-state index is -0.351. The number of Topliss-reactive ketones (excluding diaryl/α,β-unsaturated/α-hetero) is 1. The van der Waals surface area contributed by atoms with E-state index in [1.807, 2.05) is 49.4 Å². The number of hydrogen-bond acceptors (Lipinski definition) is 6. The van der Waals surface area contributed by atoms with Crippen LogP contribution in [-0.4, -0.2) is 25.2 Å². The summed E-state index contributed by atoms with van der Waals surface area (Å²) in [5.74, 6) is 1.75. The van der Waals surface area contributed by atoms with Crippen LogP contribution in [0.15, 0.2) is 58.3 Å². The maximum atomic E-state index is 13.6. The van der Waals surface area contributed by atoms with E-state index in [0.717, 1.165) is 33.7 Å². The Morgan fingerprint density at radius 2 is 1.88 bits per heavy atom. The summed E-state index contributed by atoms with van der Waals surface area (Å²) in [6.45, 7) is 1.89. The van der Waals surface area contributed by atoms with Crippen LogP contribution in [0.1, 0.15) is 47.1 Å². The topological polar surface area (TPSA) is 73.6 Å². The molecule has 2 aromatic carbocycles. The van der Waals surface area contributed by atoms with E-state index in [9.17, 15) is 4.79 Å². The van der Waals surface area contributed by atoms with Crippen LogP contribution in [0.4, 0.5) is 5.88 Å². The zero-order chi connectivity index (χ0) is 22.4. The van der Waals surface area contributed by atoms with Gasteiger partial charge in [0, 0.05) is 28.3 Å². The van der Waals surface area contributed by atoms with Crippen molar-refractivity contribution in [1.29, 1.82) is 0 Å². The van der Waals surface area contributed by atoms with Gasteiger partial charge in [0.05, 0.1) is 31.4 Å². The maximum absolute atomic E-state index is 13.6. The molecule has 1 N–H and O–H groups in total. The minimum absolute atomic E-state index is 0.0597. The van der Waals surface area contributed by atoms with Crippen LogP contribution in [0.25, 0.3) is 0 Å². The van der Waals surface area contributed by atoms with E-state index in [-0.39, 0.29) is 17.6 Å². The molecule has 7 heteroatoms. The van der Waals surface area contributed by atoms with Gasteiger partial charge in [-0.05, 0) is 55.2 Å². The standard InChI is InChI=1S/C25H23ClN2O4/c1-13-22-23(18-12-17(30-2)8-9-21(18)31-3)24-19(27-25(22)32-28-13)10-15(11-20(24)29)14-4-6-16(26)7-5-14/h4-9,12,15,23,27H,10-11H2,1-3H3. The van der Waals surface area contributed by atoms with Crippen LogP contribution in [0, 0.1) is 6.92 Å². The summed E-state index contributed by atoms with van der Waals surface area (Å²) in [5.41, 5.74) is 5.13. The first-order valence-electron chi connectivity index (χ1n) is 10.5. The van der Waals surface area contributed by atoms with Crippen LogP contribution in [-0.2, 0) is 4.79 Å². The lowest BCUT2D eigenvalue weighted by Crippen LogP contribution is -2.29. The van der Waals surface area contributed by atoms with Gasteiger partial charge in [0.2, 0.25) is 5.88 Å². The van der Waals surface area contributed by atoms with Gasteiger partial charge in [-0.15, -0.1) is 0 Å². The van der Waals surface area contributed by atoms with Crippen LogP contribution in [0.2, 0.25) is 5.02 Å². The molecule has 1 aliphatic carbocycles. The molecule has 32 heavy (non-hydrogen) atoms. The van der Waals surface area contributed by atoms with E-state index >= 15 is 0 Å². The molecule has 1 aliphatic heterocycles. The fourth-order valence-electron chi connectivity index (χ4n) is 4.82. The highest BCUT2D eigenvalue weighted by Crippen LogP contribution is 2.51. The Bertz CT molecular complexity index is 1230. The molecule has 3 aromatic rings. The molecule has 0 fully saturated rings. The number of halogens is 1. The molecule has 1 aromatic heterocycles. The van der Waals surface area contributed by atoms with E-state index in [4.69, 9.17) is 25.6 Å². The molecule has 2 atom stereocenters. The molecule has 2 aliphatic rings. The Hall–Kier alpha value is -3.25. The molecule has 0 saturated heterocycles. The zero-order valence-corrected chi connectivity index (χ0v) is 18.8. The van der Waals surface area contributed by atoms with E-state index in [0.29, 0.717) is 35.2 Å². The van der Waals surface area contributed by atoms with E-state index in [1.165, 1.54) is 0 Å². The second kappa shape index (κ2) is 8.02. The molecule has 6 nitrogen and oxygen atoms in total. The molecule has 0 spiro atoms. The number of nitrogens with one attached hydrogen (secondary N) is 1. The highest BCUT2D eigenvalue weighted by Gasteiger charge is 2.42. The minimum Gasteiger partial charge on any atom is -0.497 e. The van der Waals surface area contributed by atoms with Crippen molar-refractivity contribution in [3.8, 4) is 11.5 Å². The monoisotopic (exact) mass is 450 g/mol. The molecule has 0 saturated carbocycles. The van der Waals surface area contributed by atoms with Crippen molar-refractivity contribution in [2.24, 2.45) is 0 Å². The van der Waals surface area contributed by atoms with E-state index < -0.39 is 0 Å². The maximum Gasteiger partial charge on any atom is 0.233 e. The summed E-state index contributed by atoms with van der Waals surface area (Å²) >= 11 is 6.06. The van der Waals surface area contributed by atoms with Crippen molar-refractivity contribution < 1.29 is 18.8 Å². The molecule has 5 rings (SSSR count).